The Morgan fingerprint density at radius 2 is 1.92 bits per heavy atom. The SMILES string of the molecule is [2H]c1c([2H])c([2H])c(Oc2cc3c(=O)c(NC=O)coc3cc2NS(C)(=O)=O)c([2H])c1[2H]. The second-order valence-electron chi connectivity index (χ2n) is 5.02. The quantitative estimate of drug-likeness (QED) is 0.636. The third-order valence-corrected chi connectivity index (χ3v) is 3.66. The summed E-state index contributed by atoms with van der Waals surface area (Å²) in [4.78, 5) is 23.2. The fraction of sp³-hybridized carbons (Fsp3) is 0.0588. The fourth-order valence-electron chi connectivity index (χ4n) is 2.08. The number of benzene rings is 2. The number of para-hydroxylation sites is 1. The Bertz CT molecular complexity index is 1360. The third-order valence-electron chi connectivity index (χ3n) is 3.07. The first-order chi connectivity index (χ1) is 14.4. The summed E-state index contributed by atoms with van der Waals surface area (Å²) in [6, 6.07) is -1.09. The Kier molecular flexibility index (Phi) is 3.20. The molecule has 26 heavy (non-hydrogen) atoms. The molecular formula is C17H14N2O6S. The zero-order chi connectivity index (χ0) is 23.1. The minimum absolute atomic E-state index is 0.0546. The molecule has 1 heterocycles. The van der Waals surface area contributed by atoms with Gasteiger partial charge in [0.25, 0.3) is 0 Å². The summed E-state index contributed by atoms with van der Waals surface area (Å²) in [7, 11) is -3.84. The molecule has 2 aromatic carbocycles. The second kappa shape index (κ2) is 6.89. The largest absolute Gasteiger partial charge is 0.462 e. The van der Waals surface area contributed by atoms with Gasteiger partial charge in [-0.05, 0) is 18.2 Å². The molecule has 0 atom stereocenters. The van der Waals surface area contributed by atoms with Crippen LogP contribution in [0.4, 0.5) is 11.4 Å². The van der Waals surface area contributed by atoms with Crippen molar-refractivity contribution in [1.82, 2.24) is 0 Å². The van der Waals surface area contributed by atoms with Crippen LogP contribution in [0.15, 0.2) is 57.8 Å². The molecule has 3 rings (SSSR count). The number of nitrogens with one attached hydrogen (secondary N) is 2. The van der Waals surface area contributed by atoms with Crippen LogP contribution in [0, 0.1) is 0 Å². The Labute approximate surface area is 155 Å². The number of hydrogen-bond acceptors (Lipinski definition) is 6. The Morgan fingerprint density at radius 3 is 2.58 bits per heavy atom. The summed E-state index contributed by atoms with van der Waals surface area (Å²) in [5.74, 6) is -0.902. The van der Waals surface area contributed by atoms with Crippen molar-refractivity contribution in [3.05, 3.63) is 58.8 Å². The molecule has 0 fully saturated rings. The number of amides is 1. The van der Waals surface area contributed by atoms with Crippen LogP contribution in [0.5, 0.6) is 11.5 Å². The monoisotopic (exact) mass is 379 g/mol. The zero-order valence-electron chi connectivity index (χ0n) is 18.2. The summed E-state index contributed by atoms with van der Waals surface area (Å²) in [5.41, 5.74) is -1.13. The first-order valence-corrected chi connectivity index (χ1v) is 8.86. The van der Waals surface area contributed by atoms with Crippen LogP contribution < -0.4 is 20.2 Å². The van der Waals surface area contributed by atoms with Gasteiger partial charge >= 0.3 is 0 Å². The average Bonchev–Trinajstić information content (AvgIpc) is 2.70. The molecule has 134 valence electrons. The topological polar surface area (TPSA) is 115 Å². The lowest BCUT2D eigenvalue weighted by atomic mass is 10.2. The zero-order valence-corrected chi connectivity index (χ0v) is 14.0. The summed E-state index contributed by atoms with van der Waals surface area (Å²) in [5, 5.41) is 2.04. The van der Waals surface area contributed by atoms with E-state index < -0.39 is 51.4 Å². The van der Waals surface area contributed by atoms with E-state index in [1.807, 2.05) is 0 Å². The predicted octanol–water partition coefficient (Wildman–Crippen LogP) is 2.53. The normalized spacial score (nSPS) is 13.8. The Balaban J connectivity index is 2.29. The maximum Gasteiger partial charge on any atom is 0.229 e. The Morgan fingerprint density at radius 1 is 1.19 bits per heavy atom. The van der Waals surface area contributed by atoms with Gasteiger partial charge in [0.2, 0.25) is 21.9 Å². The smallest absolute Gasteiger partial charge is 0.229 e. The van der Waals surface area contributed by atoms with Gasteiger partial charge in [-0.15, -0.1) is 0 Å². The Hall–Kier alpha value is -3.33. The molecule has 1 amide bonds. The number of sulfonamides is 1. The van der Waals surface area contributed by atoms with Crippen LogP contribution in [0.2, 0.25) is 0 Å². The molecule has 0 spiro atoms. The first-order valence-electron chi connectivity index (χ1n) is 9.47. The van der Waals surface area contributed by atoms with Crippen LogP contribution in [0.3, 0.4) is 0 Å². The van der Waals surface area contributed by atoms with Gasteiger partial charge in [-0.1, -0.05) is 18.1 Å². The van der Waals surface area contributed by atoms with Crippen LogP contribution in [-0.4, -0.2) is 21.1 Å². The van der Waals surface area contributed by atoms with E-state index in [2.05, 4.69) is 10.0 Å². The highest BCUT2D eigenvalue weighted by Gasteiger charge is 2.15. The lowest BCUT2D eigenvalue weighted by Gasteiger charge is -2.13. The lowest BCUT2D eigenvalue weighted by Crippen LogP contribution is -2.12. The molecule has 0 saturated heterocycles. The number of hydrogen-bond donors (Lipinski definition) is 2. The van der Waals surface area contributed by atoms with E-state index in [0.29, 0.717) is 0 Å². The number of carbonyl (C=O) groups is 1. The van der Waals surface area contributed by atoms with Gasteiger partial charge in [0.1, 0.15) is 23.3 Å². The van der Waals surface area contributed by atoms with Crippen molar-refractivity contribution in [1.29, 1.82) is 0 Å². The van der Waals surface area contributed by atoms with Gasteiger partial charge in [0.15, 0.2) is 5.75 Å². The third kappa shape index (κ3) is 3.83. The fourth-order valence-corrected chi connectivity index (χ4v) is 2.64. The van der Waals surface area contributed by atoms with Gasteiger partial charge in [-0.2, -0.15) is 0 Å². The van der Waals surface area contributed by atoms with Gasteiger partial charge in [0.05, 0.1) is 24.2 Å². The maximum atomic E-state index is 12.6. The van der Waals surface area contributed by atoms with Crippen molar-refractivity contribution in [3.63, 3.8) is 0 Å². The molecule has 9 heteroatoms. The van der Waals surface area contributed by atoms with Crippen LogP contribution in [0.1, 0.15) is 6.85 Å². The summed E-state index contributed by atoms with van der Waals surface area (Å²) < 4.78 is 75.5. The minimum Gasteiger partial charge on any atom is -0.462 e. The molecule has 0 saturated carbocycles. The highest BCUT2D eigenvalue weighted by Crippen LogP contribution is 2.34. The van der Waals surface area contributed by atoms with E-state index in [4.69, 9.17) is 16.0 Å². The van der Waals surface area contributed by atoms with Crippen molar-refractivity contribution in [2.75, 3.05) is 16.3 Å². The molecular weight excluding hydrogens is 360 g/mol. The molecule has 0 radical (unpaired) electrons. The predicted molar refractivity (Wildman–Crippen MR) is 97.2 cm³/mol. The maximum absolute atomic E-state index is 12.6. The standard InChI is InChI=1S/C17H14N2O6S/c1-26(22,23)19-13-8-15-12(17(21)14(9-24-15)18-10-20)7-16(13)25-11-5-3-2-4-6-11/h2-10,19H,1H3,(H,18,20)/i2D,3D,4D,5D,6D. The number of anilines is 2. The summed E-state index contributed by atoms with van der Waals surface area (Å²) in [6.45, 7) is 0. The van der Waals surface area contributed by atoms with Gasteiger partial charge < -0.3 is 14.5 Å². The van der Waals surface area contributed by atoms with Crippen molar-refractivity contribution in [3.8, 4) is 11.5 Å². The molecule has 2 N–H and O–H groups in total. The van der Waals surface area contributed by atoms with Crippen molar-refractivity contribution in [2.24, 2.45) is 0 Å². The van der Waals surface area contributed by atoms with E-state index >= 15 is 0 Å². The second-order valence-corrected chi connectivity index (χ2v) is 6.76. The van der Waals surface area contributed by atoms with Gasteiger partial charge in [-0.25, -0.2) is 8.42 Å². The molecule has 3 aromatic rings. The van der Waals surface area contributed by atoms with E-state index in [0.717, 1.165) is 24.7 Å². The van der Waals surface area contributed by atoms with Crippen LogP contribution in [-0.2, 0) is 14.8 Å². The van der Waals surface area contributed by atoms with E-state index in [9.17, 15) is 18.0 Å². The first kappa shape index (κ1) is 12.1. The van der Waals surface area contributed by atoms with E-state index in [1.54, 1.807) is 0 Å². The van der Waals surface area contributed by atoms with E-state index in [-0.39, 0.29) is 34.5 Å². The molecule has 0 unspecified atom stereocenters. The molecule has 0 aliphatic heterocycles. The van der Waals surface area contributed by atoms with Gasteiger partial charge in [0, 0.05) is 6.07 Å². The lowest BCUT2D eigenvalue weighted by molar-refractivity contribution is -0.105. The van der Waals surface area contributed by atoms with Crippen molar-refractivity contribution < 1.29 is 29.2 Å². The molecule has 0 aliphatic carbocycles. The molecule has 0 aliphatic rings. The molecule has 8 nitrogen and oxygen atoms in total. The van der Waals surface area contributed by atoms with Crippen molar-refractivity contribution >= 4 is 38.8 Å². The summed E-state index contributed by atoms with van der Waals surface area (Å²) >= 11 is 0. The van der Waals surface area contributed by atoms with Crippen LogP contribution >= 0.6 is 0 Å². The minimum atomic E-state index is -3.84. The highest BCUT2D eigenvalue weighted by atomic mass is 32.2. The van der Waals surface area contributed by atoms with Crippen molar-refractivity contribution in [2.45, 2.75) is 0 Å². The highest BCUT2D eigenvalue weighted by molar-refractivity contribution is 7.92. The number of fused-ring (bicyclic) bond motifs is 1. The number of ether oxygens (including phenoxy) is 1. The average molecular weight is 379 g/mol. The molecule has 0 bridgehead atoms. The van der Waals surface area contributed by atoms with E-state index in [1.165, 1.54) is 0 Å². The molecule has 1 aromatic heterocycles. The van der Waals surface area contributed by atoms with Crippen LogP contribution in [0.25, 0.3) is 11.0 Å². The van der Waals surface area contributed by atoms with Gasteiger partial charge in [-0.3, -0.25) is 14.3 Å². The number of carbonyl (C=O) groups excluding carboxylic acids is 1. The number of rotatable bonds is 6. The summed E-state index contributed by atoms with van der Waals surface area (Å²) in [6.07, 6.45) is 2.10.